The van der Waals surface area contributed by atoms with Crippen LogP contribution in [0.25, 0.3) is 6.08 Å². The minimum absolute atomic E-state index is 0.450. The summed E-state index contributed by atoms with van der Waals surface area (Å²) in [5.41, 5.74) is 2.87. The highest BCUT2D eigenvalue weighted by Gasteiger charge is 2.48. The lowest BCUT2D eigenvalue weighted by Gasteiger charge is -2.36. The molecule has 3 nitrogen and oxygen atoms in total. The lowest BCUT2D eigenvalue weighted by Crippen LogP contribution is -2.40. The predicted octanol–water partition coefficient (Wildman–Crippen LogP) is 5.18. The zero-order valence-electron chi connectivity index (χ0n) is 14.6. The highest BCUT2D eigenvalue weighted by molar-refractivity contribution is 5.59. The molecule has 25 heavy (non-hydrogen) atoms. The molecule has 3 heteroatoms. The number of anilines is 1. The standard InChI is InChI=1S/C22H25N3/c1-2-4-12-20-19(11-3-1)22-18-10-6-5-9-17(18)14-16-24(22)25(20)21-13-7-8-15-23-21/h5-10,13-16,19-20,22H,1-4,11-12H2/t19-,20-,22+/m0/s1. The van der Waals surface area contributed by atoms with E-state index in [1.54, 1.807) is 0 Å². The van der Waals surface area contributed by atoms with Crippen LogP contribution in [0.4, 0.5) is 5.82 Å². The number of benzene rings is 1. The Balaban J connectivity index is 1.63. The van der Waals surface area contributed by atoms with Gasteiger partial charge in [0.15, 0.2) is 0 Å². The summed E-state index contributed by atoms with van der Waals surface area (Å²) in [6.45, 7) is 0. The van der Waals surface area contributed by atoms with E-state index in [0.29, 0.717) is 18.0 Å². The first-order chi connectivity index (χ1) is 12.4. The smallest absolute Gasteiger partial charge is 0.147 e. The highest BCUT2D eigenvalue weighted by Crippen LogP contribution is 2.50. The van der Waals surface area contributed by atoms with Crippen LogP contribution in [-0.2, 0) is 0 Å². The third-order valence-electron chi connectivity index (χ3n) is 6.14. The van der Waals surface area contributed by atoms with Crippen molar-refractivity contribution >= 4 is 11.9 Å². The average Bonchev–Trinajstić information content (AvgIpc) is 2.95. The van der Waals surface area contributed by atoms with E-state index >= 15 is 0 Å². The Morgan fingerprint density at radius 1 is 0.880 bits per heavy atom. The van der Waals surface area contributed by atoms with Gasteiger partial charge in [0.1, 0.15) is 5.82 Å². The van der Waals surface area contributed by atoms with Gasteiger partial charge in [-0.05, 0) is 42.2 Å². The number of hydrogen-bond acceptors (Lipinski definition) is 3. The van der Waals surface area contributed by atoms with Crippen molar-refractivity contribution in [2.75, 3.05) is 5.01 Å². The van der Waals surface area contributed by atoms with Gasteiger partial charge < -0.3 is 0 Å². The third-order valence-corrected chi connectivity index (χ3v) is 6.14. The van der Waals surface area contributed by atoms with Crippen molar-refractivity contribution in [2.24, 2.45) is 5.92 Å². The van der Waals surface area contributed by atoms with E-state index in [4.69, 9.17) is 4.98 Å². The SMILES string of the molecule is C1=CN2[C@H](c3ccccc31)[C@H]1CCCCCC[C@@H]1N2c1ccccn1. The van der Waals surface area contributed by atoms with Crippen molar-refractivity contribution in [1.82, 2.24) is 9.99 Å². The second-order valence-corrected chi connectivity index (χ2v) is 7.52. The van der Waals surface area contributed by atoms with Gasteiger partial charge in [-0.15, -0.1) is 0 Å². The summed E-state index contributed by atoms with van der Waals surface area (Å²) in [7, 11) is 0. The molecule has 3 aliphatic rings. The molecule has 128 valence electrons. The fourth-order valence-electron chi connectivity index (χ4n) is 5.07. The lowest BCUT2D eigenvalue weighted by atomic mass is 9.79. The third kappa shape index (κ3) is 2.45. The van der Waals surface area contributed by atoms with Gasteiger partial charge in [0, 0.05) is 18.3 Å². The summed E-state index contributed by atoms with van der Waals surface area (Å²) in [5, 5.41) is 4.97. The first kappa shape index (κ1) is 15.0. The monoisotopic (exact) mass is 331 g/mol. The molecule has 3 atom stereocenters. The summed E-state index contributed by atoms with van der Waals surface area (Å²) in [4.78, 5) is 4.70. The van der Waals surface area contributed by atoms with Crippen molar-refractivity contribution in [2.45, 2.75) is 50.6 Å². The van der Waals surface area contributed by atoms with Crippen LogP contribution in [0.3, 0.4) is 0 Å². The zero-order chi connectivity index (χ0) is 16.6. The van der Waals surface area contributed by atoms with E-state index in [0.717, 1.165) is 5.82 Å². The Bertz CT molecular complexity index is 762. The van der Waals surface area contributed by atoms with Crippen LogP contribution >= 0.6 is 0 Å². The number of hydrazine groups is 1. The van der Waals surface area contributed by atoms with Crippen LogP contribution in [0.1, 0.15) is 55.7 Å². The zero-order valence-corrected chi connectivity index (χ0v) is 14.6. The van der Waals surface area contributed by atoms with Crippen molar-refractivity contribution < 1.29 is 0 Å². The molecule has 0 bridgehead atoms. The van der Waals surface area contributed by atoms with Crippen molar-refractivity contribution in [3.63, 3.8) is 0 Å². The summed E-state index contributed by atoms with van der Waals surface area (Å²) in [6, 6.07) is 16.2. The Labute approximate surface area is 150 Å². The van der Waals surface area contributed by atoms with Gasteiger partial charge in [-0.2, -0.15) is 0 Å². The fraction of sp³-hybridized carbons (Fsp3) is 0.409. The molecule has 3 heterocycles. The number of nitrogens with zero attached hydrogens (tertiary/aromatic N) is 3. The number of aromatic nitrogens is 1. The largest absolute Gasteiger partial charge is 0.283 e. The summed E-state index contributed by atoms with van der Waals surface area (Å²) >= 11 is 0. The molecule has 0 spiro atoms. The van der Waals surface area contributed by atoms with Crippen molar-refractivity contribution in [1.29, 1.82) is 0 Å². The molecule has 2 aromatic rings. The molecule has 0 amide bonds. The van der Waals surface area contributed by atoms with E-state index in [1.165, 1.54) is 49.7 Å². The van der Waals surface area contributed by atoms with Crippen LogP contribution in [0.2, 0.25) is 0 Å². The maximum absolute atomic E-state index is 4.70. The Morgan fingerprint density at radius 2 is 1.72 bits per heavy atom. The summed E-state index contributed by atoms with van der Waals surface area (Å²) < 4.78 is 0. The van der Waals surface area contributed by atoms with Crippen LogP contribution in [0.15, 0.2) is 54.9 Å². The van der Waals surface area contributed by atoms with Gasteiger partial charge in [0.2, 0.25) is 0 Å². The topological polar surface area (TPSA) is 19.4 Å². The molecular formula is C22H25N3. The Morgan fingerprint density at radius 3 is 2.60 bits per heavy atom. The van der Waals surface area contributed by atoms with E-state index in [1.807, 2.05) is 12.3 Å². The minimum atomic E-state index is 0.450. The first-order valence-corrected chi connectivity index (χ1v) is 9.69. The molecule has 0 radical (unpaired) electrons. The molecule has 1 aliphatic carbocycles. The van der Waals surface area contributed by atoms with E-state index in [-0.39, 0.29) is 0 Å². The molecule has 0 N–H and O–H groups in total. The molecule has 1 aromatic heterocycles. The fourth-order valence-corrected chi connectivity index (χ4v) is 5.07. The maximum atomic E-state index is 4.70. The Kier molecular flexibility index (Phi) is 3.73. The average molecular weight is 331 g/mol. The second-order valence-electron chi connectivity index (χ2n) is 7.52. The number of fused-ring (bicyclic) bond motifs is 5. The first-order valence-electron chi connectivity index (χ1n) is 9.69. The maximum Gasteiger partial charge on any atom is 0.147 e. The highest BCUT2D eigenvalue weighted by atomic mass is 15.7. The van der Waals surface area contributed by atoms with Crippen LogP contribution in [0.5, 0.6) is 0 Å². The summed E-state index contributed by atoms with van der Waals surface area (Å²) in [6.07, 6.45) is 14.5. The van der Waals surface area contributed by atoms with Gasteiger partial charge >= 0.3 is 0 Å². The van der Waals surface area contributed by atoms with Gasteiger partial charge in [0.05, 0.1) is 12.1 Å². The molecule has 2 fully saturated rings. The minimum Gasteiger partial charge on any atom is -0.283 e. The number of pyridine rings is 1. The van der Waals surface area contributed by atoms with Gasteiger partial charge in [-0.3, -0.25) is 10.0 Å². The second kappa shape index (κ2) is 6.21. The quantitative estimate of drug-likeness (QED) is 0.717. The molecule has 0 unspecified atom stereocenters. The molecule has 5 rings (SSSR count). The van der Waals surface area contributed by atoms with Crippen molar-refractivity contribution in [3.8, 4) is 0 Å². The van der Waals surface area contributed by atoms with Gasteiger partial charge in [-0.1, -0.05) is 56.0 Å². The Hall–Kier alpha value is -2.29. The number of rotatable bonds is 1. The predicted molar refractivity (Wildman–Crippen MR) is 102 cm³/mol. The number of hydrogen-bond donors (Lipinski definition) is 0. The molecular weight excluding hydrogens is 306 g/mol. The molecule has 1 saturated heterocycles. The van der Waals surface area contributed by atoms with Crippen LogP contribution in [-0.4, -0.2) is 16.0 Å². The van der Waals surface area contributed by atoms with E-state index in [9.17, 15) is 0 Å². The lowest BCUT2D eigenvalue weighted by molar-refractivity contribution is 0.274. The van der Waals surface area contributed by atoms with Crippen molar-refractivity contribution in [3.05, 3.63) is 66.0 Å². The van der Waals surface area contributed by atoms with Crippen LogP contribution < -0.4 is 5.01 Å². The van der Waals surface area contributed by atoms with E-state index < -0.39 is 0 Å². The molecule has 1 saturated carbocycles. The molecule has 2 aliphatic heterocycles. The van der Waals surface area contributed by atoms with Gasteiger partial charge in [0.25, 0.3) is 0 Å². The summed E-state index contributed by atoms with van der Waals surface area (Å²) in [5.74, 6) is 1.76. The molecule has 1 aromatic carbocycles. The normalized spacial score (nSPS) is 27.9. The van der Waals surface area contributed by atoms with Crippen LogP contribution in [0, 0.1) is 5.92 Å². The van der Waals surface area contributed by atoms with Gasteiger partial charge in [-0.25, -0.2) is 4.98 Å². The van der Waals surface area contributed by atoms with E-state index in [2.05, 4.69) is 58.7 Å².